The Morgan fingerprint density at radius 2 is 2.19 bits per heavy atom. The van der Waals surface area contributed by atoms with E-state index >= 15 is 0 Å². The van der Waals surface area contributed by atoms with Gasteiger partial charge >= 0.3 is 0 Å². The Morgan fingerprint density at radius 1 is 1.43 bits per heavy atom. The molecule has 0 unspecified atom stereocenters. The number of hydrogen-bond donors (Lipinski definition) is 0. The lowest BCUT2D eigenvalue weighted by molar-refractivity contribution is 0.0569. The standard InChI is InChI=1S/C15H16ClN3O2/c1-9(2)13-17-14(21-18-13)11-7-19(8-11)15(20)10-4-3-5-12(16)6-10/h3-6,9,11H,7-8H2,1-2H3. The van der Waals surface area contributed by atoms with Crippen LogP contribution in [0.5, 0.6) is 0 Å². The van der Waals surface area contributed by atoms with E-state index in [0.717, 1.165) is 0 Å². The van der Waals surface area contributed by atoms with E-state index in [-0.39, 0.29) is 17.7 Å². The van der Waals surface area contributed by atoms with Crippen LogP contribution in [0.25, 0.3) is 0 Å². The Kier molecular flexibility index (Phi) is 3.68. The lowest BCUT2D eigenvalue weighted by atomic mass is 9.98. The van der Waals surface area contributed by atoms with Crippen LogP contribution in [0, 0.1) is 0 Å². The molecule has 0 aliphatic carbocycles. The number of aromatic nitrogens is 2. The van der Waals surface area contributed by atoms with Gasteiger partial charge < -0.3 is 9.42 Å². The molecule has 1 aliphatic rings. The zero-order valence-electron chi connectivity index (χ0n) is 11.9. The molecule has 1 fully saturated rings. The van der Waals surface area contributed by atoms with Crippen LogP contribution in [-0.4, -0.2) is 34.0 Å². The zero-order valence-corrected chi connectivity index (χ0v) is 12.7. The van der Waals surface area contributed by atoms with E-state index in [2.05, 4.69) is 10.1 Å². The van der Waals surface area contributed by atoms with Gasteiger partial charge in [0.25, 0.3) is 5.91 Å². The first-order chi connectivity index (χ1) is 10.0. The number of nitrogens with zero attached hydrogens (tertiary/aromatic N) is 3. The van der Waals surface area contributed by atoms with Gasteiger partial charge in [-0.1, -0.05) is 36.7 Å². The topological polar surface area (TPSA) is 59.2 Å². The molecule has 1 aromatic carbocycles. The highest BCUT2D eigenvalue weighted by molar-refractivity contribution is 6.30. The summed E-state index contributed by atoms with van der Waals surface area (Å²) in [5.74, 6) is 1.69. The van der Waals surface area contributed by atoms with Gasteiger partial charge in [-0.3, -0.25) is 4.79 Å². The highest BCUT2D eigenvalue weighted by atomic mass is 35.5. The number of likely N-dealkylation sites (tertiary alicyclic amines) is 1. The third-order valence-corrected chi connectivity index (χ3v) is 3.80. The molecule has 0 bridgehead atoms. The first-order valence-electron chi connectivity index (χ1n) is 6.93. The molecule has 1 aromatic heterocycles. The maximum atomic E-state index is 12.3. The van der Waals surface area contributed by atoms with Gasteiger partial charge in [-0.05, 0) is 18.2 Å². The van der Waals surface area contributed by atoms with Gasteiger partial charge in [-0.2, -0.15) is 4.98 Å². The first kappa shape index (κ1) is 14.1. The lowest BCUT2D eigenvalue weighted by Crippen LogP contribution is -2.48. The van der Waals surface area contributed by atoms with Crippen molar-refractivity contribution in [1.29, 1.82) is 0 Å². The van der Waals surface area contributed by atoms with Crippen molar-refractivity contribution in [1.82, 2.24) is 15.0 Å². The van der Waals surface area contributed by atoms with Gasteiger partial charge in [0.2, 0.25) is 5.89 Å². The SMILES string of the molecule is CC(C)c1noc(C2CN(C(=O)c3cccc(Cl)c3)C2)n1. The normalized spacial score (nSPS) is 15.3. The minimum atomic E-state index is -0.0163. The average Bonchev–Trinajstić information content (AvgIpc) is 2.86. The summed E-state index contributed by atoms with van der Waals surface area (Å²) >= 11 is 5.91. The Labute approximate surface area is 127 Å². The van der Waals surface area contributed by atoms with Gasteiger partial charge in [0, 0.05) is 29.6 Å². The van der Waals surface area contributed by atoms with Crippen LogP contribution in [0.15, 0.2) is 28.8 Å². The number of carbonyl (C=O) groups excluding carboxylic acids is 1. The predicted octanol–water partition coefficient (Wildman–Crippen LogP) is 3.09. The molecule has 0 atom stereocenters. The fourth-order valence-electron chi connectivity index (χ4n) is 2.25. The number of halogens is 1. The molecule has 6 heteroatoms. The van der Waals surface area contributed by atoms with Gasteiger partial charge in [0.05, 0.1) is 5.92 Å². The molecular formula is C15H16ClN3O2. The van der Waals surface area contributed by atoms with Crippen LogP contribution in [0.3, 0.4) is 0 Å². The molecule has 0 radical (unpaired) electrons. The minimum Gasteiger partial charge on any atom is -0.339 e. The van der Waals surface area contributed by atoms with Crippen molar-refractivity contribution in [2.75, 3.05) is 13.1 Å². The van der Waals surface area contributed by atoms with E-state index in [0.29, 0.717) is 35.4 Å². The summed E-state index contributed by atoms with van der Waals surface area (Å²) in [4.78, 5) is 18.4. The van der Waals surface area contributed by atoms with Crippen molar-refractivity contribution >= 4 is 17.5 Å². The van der Waals surface area contributed by atoms with E-state index in [1.165, 1.54) is 0 Å². The van der Waals surface area contributed by atoms with Crippen molar-refractivity contribution in [3.8, 4) is 0 Å². The molecular weight excluding hydrogens is 290 g/mol. The Morgan fingerprint density at radius 3 is 2.81 bits per heavy atom. The quantitative estimate of drug-likeness (QED) is 0.874. The zero-order chi connectivity index (χ0) is 15.0. The fraction of sp³-hybridized carbons (Fsp3) is 0.400. The third-order valence-electron chi connectivity index (χ3n) is 3.56. The molecule has 2 heterocycles. The molecule has 1 amide bonds. The molecule has 3 rings (SSSR count). The minimum absolute atomic E-state index is 0.0163. The van der Waals surface area contributed by atoms with E-state index in [4.69, 9.17) is 16.1 Å². The maximum absolute atomic E-state index is 12.3. The summed E-state index contributed by atoms with van der Waals surface area (Å²) in [6.07, 6.45) is 0. The number of hydrogen-bond acceptors (Lipinski definition) is 4. The molecule has 2 aromatic rings. The second-order valence-corrected chi connectivity index (χ2v) is 6.00. The summed E-state index contributed by atoms with van der Waals surface area (Å²) in [5.41, 5.74) is 0.606. The van der Waals surface area contributed by atoms with Gasteiger partial charge in [-0.15, -0.1) is 0 Å². The first-order valence-corrected chi connectivity index (χ1v) is 7.30. The number of amides is 1. The smallest absolute Gasteiger partial charge is 0.253 e. The maximum Gasteiger partial charge on any atom is 0.253 e. The number of benzene rings is 1. The van der Waals surface area contributed by atoms with Crippen LogP contribution in [0.4, 0.5) is 0 Å². The monoisotopic (exact) mass is 305 g/mol. The summed E-state index contributed by atoms with van der Waals surface area (Å²) in [5, 5.41) is 4.52. The Bertz CT molecular complexity index is 662. The Hall–Kier alpha value is -1.88. The van der Waals surface area contributed by atoms with Crippen LogP contribution in [-0.2, 0) is 0 Å². The summed E-state index contributed by atoms with van der Waals surface area (Å²) in [7, 11) is 0. The van der Waals surface area contributed by atoms with Crippen molar-refractivity contribution in [2.24, 2.45) is 0 Å². The average molecular weight is 306 g/mol. The van der Waals surface area contributed by atoms with Gasteiger partial charge in [0.1, 0.15) is 0 Å². The fourth-order valence-corrected chi connectivity index (χ4v) is 2.44. The number of rotatable bonds is 3. The summed E-state index contributed by atoms with van der Waals surface area (Å²) < 4.78 is 5.26. The number of carbonyl (C=O) groups is 1. The Balaban J connectivity index is 1.63. The second kappa shape index (κ2) is 5.48. The predicted molar refractivity (Wildman–Crippen MR) is 78.5 cm³/mol. The molecule has 0 N–H and O–H groups in total. The van der Waals surface area contributed by atoms with E-state index < -0.39 is 0 Å². The van der Waals surface area contributed by atoms with Crippen molar-refractivity contribution < 1.29 is 9.32 Å². The van der Waals surface area contributed by atoms with Crippen molar-refractivity contribution in [3.05, 3.63) is 46.6 Å². The molecule has 21 heavy (non-hydrogen) atoms. The van der Waals surface area contributed by atoms with Gasteiger partial charge in [-0.25, -0.2) is 0 Å². The molecule has 1 aliphatic heterocycles. The van der Waals surface area contributed by atoms with Crippen LogP contribution >= 0.6 is 11.6 Å². The molecule has 110 valence electrons. The largest absolute Gasteiger partial charge is 0.339 e. The lowest BCUT2D eigenvalue weighted by Gasteiger charge is -2.37. The highest BCUT2D eigenvalue weighted by Crippen LogP contribution is 2.28. The van der Waals surface area contributed by atoms with Crippen molar-refractivity contribution in [3.63, 3.8) is 0 Å². The summed E-state index contributed by atoms with van der Waals surface area (Å²) in [6, 6.07) is 6.98. The molecule has 1 saturated heterocycles. The molecule has 0 saturated carbocycles. The van der Waals surface area contributed by atoms with Gasteiger partial charge in [0.15, 0.2) is 5.82 Å². The van der Waals surface area contributed by atoms with E-state index in [1.807, 2.05) is 13.8 Å². The second-order valence-electron chi connectivity index (χ2n) is 5.56. The van der Waals surface area contributed by atoms with Crippen LogP contribution in [0.2, 0.25) is 5.02 Å². The van der Waals surface area contributed by atoms with E-state index in [9.17, 15) is 4.79 Å². The van der Waals surface area contributed by atoms with Crippen molar-refractivity contribution in [2.45, 2.75) is 25.7 Å². The third kappa shape index (κ3) is 2.78. The summed E-state index contributed by atoms with van der Waals surface area (Å²) in [6.45, 7) is 5.24. The van der Waals surface area contributed by atoms with Crippen LogP contribution < -0.4 is 0 Å². The van der Waals surface area contributed by atoms with Crippen LogP contribution in [0.1, 0.15) is 47.8 Å². The highest BCUT2D eigenvalue weighted by Gasteiger charge is 2.36. The molecule has 5 nitrogen and oxygen atoms in total. The van der Waals surface area contributed by atoms with E-state index in [1.54, 1.807) is 29.2 Å². The molecule has 0 spiro atoms.